The second-order valence-corrected chi connectivity index (χ2v) is 8.13. The number of hydrogen-bond acceptors (Lipinski definition) is 4. The predicted molar refractivity (Wildman–Crippen MR) is 103 cm³/mol. The van der Waals surface area contributed by atoms with Crippen molar-refractivity contribution < 1.29 is 17.9 Å². The number of anilines is 1. The molecule has 0 spiro atoms. The maximum atomic E-state index is 12.5. The van der Waals surface area contributed by atoms with Gasteiger partial charge in [-0.3, -0.25) is 9.10 Å². The molecule has 1 amide bonds. The number of halogens is 1. The molecule has 2 aromatic carbocycles. The van der Waals surface area contributed by atoms with Crippen molar-refractivity contribution in [3.63, 3.8) is 0 Å². The van der Waals surface area contributed by atoms with Crippen LogP contribution in [0, 0.1) is 0 Å². The van der Waals surface area contributed by atoms with Gasteiger partial charge in [-0.2, -0.15) is 0 Å². The average molecular weight is 397 g/mol. The van der Waals surface area contributed by atoms with E-state index in [1.165, 1.54) is 13.2 Å². The molecule has 0 aromatic heterocycles. The highest BCUT2D eigenvalue weighted by molar-refractivity contribution is 7.92. The second kappa shape index (κ2) is 8.42. The fourth-order valence-corrected chi connectivity index (χ4v) is 3.50. The van der Waals surface area contributed by atoms with Crippen LogP contribution < -0.4 is 14.4 Å². The number of nitrogens with one attached hydrogen (secondary N) is 1. The Morgan fingerprint density at radius 1 is 1.23 bits per heavy atom. The normalized spacial score (nSPS) is 12.3. The van der Waals surface area contributed by atoms with Gasteiger partial charge in [-0.05, 0) is 30.7 Å². The van der Waals surface area contributed by atoms with E-state index in [9.17, 15) is 13.2 Å². The summed E-state index contributed by atoms with van der Waals surface area (Å²) in [4.78, 5) is 12.5. The highest BCUT2D eigenvalue weighted by atomic mass is 35.5. The number of rotatable bonds is 7. The van der Waals surface area contributed by atoms with Gasteiger partial charge < -0.3 is 10.1 Å². The Bertz CT molecular complexity index is 872. The van der Waals surface area contributed by atoms with Crippen LogP contribution in [0.4, 0.5) is 5.69 Å². The maximum absolute atomic E-state index is 12.5. The summed E-state index contributed by atoms with van der Waals surface area (Å²) in [5.74, 6) is -0.127. The third-order valence-corrected chi connectivity index (χ3v) is 5.14. The van der Waals surface area contributed by atoms with Gasteiger partial charge in [0.2, 0.25) is 15.9 Å². The Balaban J connectivity index is 2.24. The first kappa shape index (κ1) is 20.1. The van der Waals surface area contributed by atoms with Gasteiger partial charge >= 0.3 is 0 Å². The Kier molecular flexibility index (Phi) is 6.50. The van der Waals surface area contributed by atoms with Crippen LogP contribution in [0.2, 0.25) is 5.02 Å². The summed E-state index contributed by atoms with van der Waals surface area (Å²) in [6.07, 6.45) is 1.03. The molecule has 140 valence electrons. The summed E-state index contributed by atoms with van der Waals surface area (Å²) in [6, 6.07) is 13.7. The zero-order chi connectivity index (χ0) is 19.3. The lowest BCUT2D eigenvalue weighted by molar-refractivity contribution is -0.120. The van der Waals surface area contributed by atoms with Gasteiger partial charge in [-0.15, -0.1) is 0 Å². The van der Waals surface area contributed by atoms with E-state index in [0.717, 1.165) is 16.1 Å². The number of benzene rings is 2. The first-order valence-electron chi connectivity index (χ1n) is 7.88. The quantitative estimate of drug-likeness (QED) is 0.780. The Hall–Kier alpha value is -2.25. The molecule has 0 aliphatic carbocycles. The number of sulfonamides is 1. The summed E-state index contributed by atoms with van der Waals surface area (Å²) in [6.45, 7) is 1.45. The third-order valence-electron chi connectivity index (χ3n) is 3.77. The molecule has 0 unspecified atom stereocenters. The van der Waals surface area contributed by atoms with Crippen LogP contribution in [-0.2, 0) is 14.8 Å². The number of amides is 1. The maximum Gasteiger partial charge on any atom is 0.241 e. The van der Waals surface area contributed by atoms with Gasteiger partial charge in [0.1, 0.15) is 12.3 Å². The summed E-state index contributed by atoms with van der Waals surface area (Å²) >= 11 is 5.99. The van der Waals surface area contributed by atoms with Crippen molar-refractivity contribution in [2.75, 3.05) is 24.2 Å². The van der Waals surface area contributed by atoms with Crippen molar-refractivity contribution in [1.82, 2.24) is 5.32 Å². The Morgan fingerprint density at radius 3 is 2.46 bits per heavy atom. The van der Waals surface area contributed by atoms with Crippen LogP contribution in [0.3, 0.4) is 0 Å². The standard InChI is InChI=1S/C18H21ClN2O4S/c1-13(14-7-5-4-6-8-14)20-18(22)12-21(26(3,23)24)16-11-15(19)9-10-17(16)25-2/h4-11,13H,12H2,1-3H3,(H,20,22)/t13-/m1/s1. The van der Waals surface area contributed by atoms with Crippen LogP contribution >= 0.6 is 11.6 Å². The smallest absolute Gasteiger partial charge is 0.241 e. The minimum atomic E-state index is -3.73. The Labute approximate surface area is 158 Å². The lowest BCUT2D eigenvalue weighted by Gasteiger charge is -2.25. The molecule has 0 aliphatic heterocycles. The van der Waals surface area contributed by atoms with Gasteiger partial charge in [-0.25, -0.2) is 8.42 Å². The van der Waals surface area contributed by atoms with Crippen molar-refractivity contribution in [2.45, 2.75) is 13.0 Å². The van der Waals surface area contributed by atoms with Gasteiger partial charge in [0, 0.05) is 5.02 Å². The largest absolute Gasteiger partial charge is 0.495 e. The molecule has 0 fully saturated rings. The first-order chi connectivity index (χ1) is 12.2. The minimum Gasteiger partial charge on any atom is -0.495 e. The zero-order valence-electron chi connectivity index (χ0n) is 14.8. The number of hydrogen-bond donors (Lipinski definition) is 1. The third kappa shape index (κ3) is 5.12. The van der Waals surface area contributed by atoms with E-state index in [-0.39, 0.29) is 18.3 Å². The molecular weight excluding hydrogens is 376 g/mol. The number of carbonyl (C=O) groups excluding carboxylic acids is 1. The van der Waals surface area contributed by atoms with Crippen molar-refractivity contribution in [2.24, 2.45) is 0 Å². The van der Waals surface area contributed by atoms with Gasteiger partial charge in [-0.1, -0.05) is 41.9 Å². The molecule has 1 atom stereocenters. The summed E-state index contributed by atoms with van der Waals surface area (Å²) in [7, 11) is -2.31. The van der Waals surface area contributed by atoms with Crippen molar-refractivity contribution in [3.05, 3.63) is 59.1 Å². The zero-order valence-corrected chi connectivity index (χ0v) is 16.3. The number of ether oxygens (including phenoxy) is 1. The molecule has 0 saturated carbocycles. The van der Waals surface area contributed by atoms with Crippen LogP contribution in [-0.4, -0.2) is 34.2 Å². The molecule has 1 N–H and O–H groups in total. The average Bonchev–Trinajstić information content (AvgIpc) is 2.59. The lowest BCUT2D eigenvalue weighted by atomic mass is 10.1. The van der Waals surface area contributed by atoms with Crippen molar-refractivity contribution in [3.8, 4) is 5.75 Å². The van der Waals surface area contributed by atoms with E-state index in [1.54, 1.807) is 12.1 Å². The van der Waals surface area contributed by atoms with E-state index in [4.69, 9.17) is 16.3 Å². The molecule has 0 aliphatic rings. The lowest BCUT2D eigenvalue weighted by Crippen LogP contribution is -2.41. The first-order valence-corrected chi connectivity index (χ1v) is 10.1. The molecule has 0 radical (unpaired) electrons. The van der Waals surface area contributed by atoms with Gasteiger partial charge in [0.15, 0.2) is 0 Å². The van der Waals surface area contributed by atoms with Crippen LogP contribution in [0.1, 0.15) is 18.5 Å². The summed E-state index contributed by atoms with van der Waals surface area (Å²) in [5.41, 5.74) is 1.14. The van der Waals surface area contributed by atoms with Crippen LogP contribution in [0.15, 0.2) is 48.5 Å². The van der Waals surface area contributed by atoms with Crippen LogP contribution in [0.5, 0.6) is 5.75 Å². The molecule has 0 heterocycles. The molecular formula is C18H21ClN2O4S. The topological polar surface area (TPSA) is 75.7 Å². The van der Waals surface area contributed by atoms with E-state index < -0.39 is 15.9 Å². The predicted octanol–water partition coefficient (Wildman–Crippen LogP) is 2.99. The molecule has 0 saturated heterocycles. The van der Waals surface area contributed by atoms with E-state index in [0.29, 0.717) is 10.8 Å². The molecule has 6 nitrogen and oxygen atoms in total. The molecule has 2 rings (SSSR count). The molecule has 2 aromatic rings. The highest BCUT2D eigenvalue weighted by Crippen LogP contribution is 2.32. The summed E-state index contributed by atoms with van der Waals surface area (Å²) < 4.78 is 30.7. The van der Waals surface area contributed by atoms with Crippen LogP contribution in [0.25, 0.3) is 0 Å². The highest BCUT2D eigenvalue weighted by Gasteiger charge is 2.25. The van der Waals surface area contributed by atoms with E-state index in [1.807, 2.05) is 37.3 Å². The summed E-state index contributed by atoms with van der Waals surface area (Å²) in [5, 5.41) is 3.14. The molecule has 0 bridgehead atoms. The van der Waals surface area contributed by atoms with Gasteiger partial charge in [0.05, 0.1) is 25.1 Å². The Morgan fingerprint density at radius 2 is 1.88 bits per heavy atom. The number of methoxy groups -OCH3 is 1. The van der Waals surface area contributed by atoms with E-state index >= 15 is 0 Å². The monoisotopic (exact) mass is 396 g/mol. The van der Waals surface area contributed by atoms with Gasteiger partial charge in [0.25, 0.3) is 0 Å². The fourth-order valence-electron chi connectivity index (χ4n) is 2.48. The molecule has 8 heteroatoms. The number of nitrogens with zero attached hydrogens (tertiary/aromatic N) is 1. The SMILES string of the molecule is COc1ccc(Cl)cc1N(CC(=O)N[C@H](C)c1ccccc1)S(C)(=O)=O. The van der Waals surface area contributed by atoms with Crippen molar-refractivity contribution in [1.29, 1.82) is 0 Å². The molecule has 26 heavy (non-hydrogen) atoms. The number of carbonyl (C=O) groups is 1. The second-order valence-electron chi connectivity index (χ2n) is 5.79. The minimum absolute atomic E-state index is 0.213. The van der Waals surface area contributed by atoms with Crippen molar-refractivity contribution >= 4 is 33.2 Å². The van der Waals surface area contributed by atoms with E-state index in [2.05, 4.69) is 5.32 Å². The fraction of sp³-hybridized carbons (Fsp3) is 0.278.